The summed E-state index contributed by atoms with van der Waals surface area (Å²) in [6.45, 7) is 5.07. The number of carbonyl (C=O) groups is 1. The predicted octanol–water partition coefficient (Wildman–Crippen LogP) is 3.52. The molecule has 1 N–H and O–H groups in total. The van der Waals surface area contributed by atoms with E-state index in [1.165, 1.54) is 12.0 Å². The zero-order valence-electron chi connectivity index (χ0n) is 13.8. The second-order valence-corrected chi connectivity index (χ2v) is 6.07. The van der Waals surface area contributed by atoms with Crippen molar-refractivity contribution in [2.75, 3.05) is 26.7 Å². The maximum atomic E-state index is 12.5. The van der Waals surface area contributed by atoms with E-state index in [9.17, 15) is 4.79 Å². The molecule has 1 aromatic carbocycles. The van der Waals surface area contributed by atoms with Crippen molar-refractivity contribution in [3.05, 3.63) is 35.4 Å². The number of amides is 1. The third-order valence-electron chi connectivity index (χ3n) is 4.44. The van der Waals surface area contributed by atoms with Gasteiger partial charge in [0.1, 0.15) is 0 Å². The molecule has 1 fully saturated rings. The number of nitrogens with one attached hydrogen (secondary N) is 1. The minimum Gasteiger partial charge on any atom is -0.339 e. The van der Waals surface area contributed by atoms with E-state index in [-0.39, 0.29) is 18.3 Å². The summed E-state index contributed by atoms with van der Waals surface area (Å²) in [5.74, 6) is 0.971. The summed E-state index contributed by atoms with van der Waals surface area (Å²) >= 11 is 0. The summed E-state index contributed by atoms with van der Waals surface area (Å²) in [5.41, 5.74) is 2.16. The molecule has 2 rings (SSSR count). The second-order valence-electron chi connectivity index (χ2n) is 6.07. The zero-order valence-corrected chi connectivity index (χ0v) is 14.6. The maximum Gasteiger partial charge on any atom is 0.253 e. The van der Waals surface area contributed by atoms with Crippen LogP contribution in [0.25, 0.3) is 0 Å². The molecule has 1 aliphatic heterocycles. The largest absolute Gasteiger partial charge is 0.339 e. The first-order valence-electron chi connectivity index (χ1n) is 8.27. The number of hydrogen-bond donors (Lipinski definition) is 1. The fourth-order valence-electron chi connectivity index (χ4n) is 3.06. The molecule has 3 nitrogen and oxygen atoms in total. The van der Waals surface area contributed by atoms with Crippen molar-refractivity contribution >= 4 is 18.3 Å². The molecular weight excluding hydrogens is 296 g/mol. The molecule has 0 aromatic heterocycles. The second kappa shape index (κ2) is 9.86. The fraction of sp³-hybridized carbons (Fsp3) is 0.611. The Morgan fingerprint density at radius 3 is 2.41 bits per heavy atom. The molecule has 124 valence electrons. The van der Waals surface area contributed by atoms with Gasteiger partial charge in [-0.3, -0.25) is 4.79 Å². The number of halogens is 1. The molecule has 0 aliphatic carbocycles. The molecule has 0 bridgehead atoms. The van der Waals surface area contributed by atoms with Gasteiger partial charge in [0.25, 0.3) is 5.91 Å². The van der Waals surface area contributed by atoms with E-state index in [1.807, 2.05) is 24.1 Å². The van der Waals surface area contributed by atoms with Crippen molar-refractivity contribution in [3.8, 4) is 0 Å². The van der Waals surface area contributed by atoms with Crippen molar-refractivity contribution in [2.24, 2.45) is 5.92 Å². The highest BCUT2D eigenvalue weighted by Crippen LogP contribution is 2.21. The lowest BCUT2D eigenvalue weighted by molar-refractivity contribution is 0.0687. The maximum absolute atomic E-state index is 12.5. The van der Waals surface area contributed by atoms with Crippen molar-refractivity contribution < 1.29 is 4.79 Å². The van der Waals surface area contributed by atoms with Crippen molar-refractivity contribution in [2.45, 2.75) is 39.0 Å². The zero-order chi connectivity index (χ0) is 15.1. The van der Waals surface area contributed by atoms with Crippen LogP contribution in [-0.2, 0) is 6.42 Å². The Morgan fingerprint density at radius 1 is 1.23 bits per heavy atom. The van der Waals surface area contributed by atoms with Crippen LogP contribution in [-0.4, -0.2) is 37.5 Å². The normalized spacial score (nSPS) is 15.5. The highest BCUT2D eigenvalue weighted by atomic mass is 35.5. The molecule has 0 radical (unpaired) electrons. The fourth-order valence-corrected chi connectivity index (χ4v) is 3.06. The topological polar surface area (TPSA) is 32.3 Å². The molecule has 0 saturated carbocycles. The quantitative estimate of drug-likeness (QED) is 0.868. The van der Waals surface area contributed by atoms with Crippen LogP contribution < -0.4 is 5.32 Å². The van der Waals surface area contributed by atoms with Crippen LogP contribution in [0.5, 0.6) is 0 Å². The molecule has 0 atom stereocenters. The van der Waals surface area contributed by atoms with Crippen molar-refractivity contribution in [1.29, 1.82) is 0 Å². The van der Waals surface area contributed by atoms with Crippen molar-refractivity contribution in [1.82, 2.24) is 10.2 Å². The standard InChI is InChI=1S/C18H28N2O.ClH/c1-3-4-15-5-7-17(8-6-15)18(21)20-13-10-16(11-14-20)9-12-19-2;/h5-8,16,19H,3-4,9-14H2,1-2H3;1H. The van der Waals surface area contributed by atoms with Crippen LogP contribution in [0.4, 0.5) is 0 Å². The van der Waals surface area contributed by atoms with Gasteiger partial charge in [0.2, 0.25) is 0 Å². The van der Waals surface area contributed by atoms with Gasteiger partial charge in [-0.05, 0) is 62.9 Å². The summed E-state index contributed by atoms with van der Waals surface area (Å²) in [6, 6.07) is 8.16. The molecule has 22 heavy (non-hydrogen) atoms. The lowest BCUT2D eigenvalue weighted by Crippen LogP contribution is -2.38. The monoisotopic (exact) mass is 324 g/mol. The Labute approximate surface area is 140 Å². The highest BCUT2D eigenvalue weighted by Gasteiger charge is 2.23. The molecule has 0 unspecified atom stereocenters. The van der Waals surface area contributed by atoms with Gasteiger partial charge < -0.3 is 10.2 Å². The Kier molecular flexibility index (Phi) is 8.51. The number of hydrogen-bond acceptors (Lipinski definition) is 2. The van der Waals surface area contributed by atoms with E-state index in [0.717, 1.165) is 56.8 Å². The number of aryl methyl sites for hydroxylation is 1. The molecule has 0 spiro atoms. The number of piperidine rings is 1. The third kappa shape index (κ3) is 5.29. The summed E-state index contributed by atoms with van der Waals surface area (Å²) in [7, 11) is 2.00. The van der Waals surface area contributed by atoms with Crippen molar-refractivity contribution in [3.63, 3.8) is 0 Å². The van der Waals surface area contributed by atoms with Gasteiger partial charge in [0.05, 0.1) is 0 Å². The first-order chi connectivity index (χ1) is 10.2. The molecule has 1 saturated heterocycles. The van der Waals surface area contributed by atoms with E-state index >= 15 is 0 Å². The first kappa shape index (κ1) is 19.0. The van der Waals surface area contributed by atoms with E-state index in [1.54, 1.807) is 0 Å². The lowest BCUT2D eigenvalue weighted by Gasteiger charge is -2.32. The van der Waals surface area contributed by atoms with Gasteiger partial charge in [-0.15, -0.1) is 12.4 Å². The lowest BCUT2D eigenvalue weighted by atomic mass is 9.93. The molecular formula is C18H29ClN2O. The van der Waals surface area contributed by atoms with Gasteiger partial charge in [-0.2, -0.15) is 0 Å². The van der Waals surface area contributed by atoms with Gasteiger partial charge in [-0.1, -0.05) is 25.5 Å². The van der Waals surface area contributed by atoms with E-state index in [0.29, 0.717) is 0 Å². The SMILES string of the molecule is CCCc1ccc(C(=O)N2CCC(CCNC)CC2)cc1.Cl. The minimum atomic E-state index is 0. The Hall–Kier alpha value is -1.06. The van der Waals surface area contributed by atoms with Gasteiger partial charge in [0.15, 0.2) is 0 Å². The smallest absolute Gasteiger partial charge is 0.253 e. The van der Waals surface area contributed by atoms with Crippen LogP contribution >= 0.6 is 12.4 Å². The first-order valence-corrected chi connectivity index (χ1v) is 8.27. The number of carbonyl (C=O) groups excluding carboxylic acids is 1. The molecule has 1 aliphatic rings. The summed E-state index contributed by atoms with van der Waals surface area (Å²) in [6.07, 6.45) is 5.74. The van der Waals surface area contributed by atoms with Crippen LogP contribution in [0.15, 0.2) is 24.3 Å². The predicted molar refractivity (Wildman–Crippen MR) is 94.9 cm³/mol. The van der Waals surface area contributed by atoms with Gasteiger partial charge >= 0.3 is 0 Å². The van der Waals surface area contributed by atoms with Crippen LogP contribution in [0.1, 0.15) is 48.5 Å². The number of nitrogens with zero attached hydrogens (tertiary/aromatic N) is 1. The van der Waals surface area contributed by atoms with E-state index in [2.05, 4.69) is 24.4 Å². The summed E-state index contributed by atoms with van der Waals surface area (Å²) < 4.78 is 0. The van der Waals surface area contributed by atoms with E-state index < -0.39 is 0 Å². The average Bonchev–Trinajstić information content (AvgIpc) is 2.54. The molecule has 1 aromatic rings. The van der Waals surface area contributed by atoms with Crippen LogP contribution in [0.3, 0.4) is 0 Å². The van der Waals surface area contributed by atoms with E-state index in [4.69, 9.17) is 0 Å². The van der Waals surface area contributed by atoms with Gasteiger partial charge in [0, 0.05) is 18.7 Å². The molecule has 1 amide bonds. The van der Waals surface area contributed by atoms with Crippen LogP contribution in [0, 0.1) is 5.92 Å². The Morgan fingerprint density at radius 2 is 1.86 bits per heavy atom. The third-order valence-corrected chi connectivity index (χ3v) is 4.44. The number of rotatable bonds is 6. The van der Waals surface area contributed by atoms with Gasteiger partial charge in [-0.25, -0.2) is 0 Å². The number of likely N-dealkylation sites (tertiary alicyclic amines) is 1. The summed E-state index contributed by atoms with van der Waals surface area (Å²) in [5, 5.41) is 3.21. The Balaban J connectivity index is 0.00000242. The minimum absolute atomic E-state index is 0. The highest BCUT2D eigenvalue weighted by molar-refractivity contribution is 5.94. The van der Waals surface area contributed by atoms with Crippen LogP contribution in [0.2, 0.25) is 0 Å². The number of benzene rings is 1. The average molecular weight is 325 g/mol. The molecule has 4 heteroatoms. The summed E-state index contributed by atoms with van der Waals surface area (Å²) in [4.78, 5) is 14.5. The Bertz CT molecular complexity index is 439. The molecule has 1 heterocycles.